The van der Waals surface area contributed by atoms with Crippen molar-refractivity contribution in [2.24, 2.45) is 0 Å². The van der Waals surface area contributed by atoms with Gasteiger partial charge in [-0.25, -0.2) is 0 Å². The number of hydrogen-bond acceptors (Lipinski definition) is 1. The van der Waals surface area contributed by atoms with Crippen molar-refractivity contribution < 1.29 is 5.11 Å². The van der Waals surface area contributed by atoms with Crippen LogP contribution in [0.15, 0.2) is 18.2 Å². The molecule has 2 nitrogen and oxygen atoms in total. The number of benzene rings is 1. The average molecular weight is 201 g/mol. The first-order chi connectivity index (χ1) is 7.33. The van der Waals surface area contributed by atoms with Gasteiger partial charge in [-0.15, -0.1) is 0 Å². The summed E-state index contributed by atoms with van der Waals surface area (Å²) in [6.07, 6.45) is 2.39. The fourth-order valence-corrected chi connectivity index (χ4v) is 2.79. The van der Waals surface area contributed by atoms with Crippen LogP contribution in [0.3, 0.4) is 0 Å². The molecule has 0 bridgehead atoms. The fraction of sp³-hybridized carbons (Fsp3) is 0.385. The van der Waals surface area contributed by atoms with Crippen molar-refractivity contribution in [2.45, 2.75) is 32.9 Å². The molecule has 0 radical (unpaired) electrons. The second-order valence-electron chi connectivity index (χ2n) is 4.29. The SMILES string of the molecule is Cc1c(CO)c2cccc3c2n1CCC3. The highest BCUT2D eigenvalue weighted by Crippen LogP contribution is 2.32. The Morgan fingerprint density at radius 2 is 2.27 bits per heavy atom. The number of hydrogen-bond donors (Lipinski definition) is 1. The number of aryl methyl sites for hydroxylation is 2. The van der Waals surface area contributed by atoms with E-state index in [1.54, 1.807) is 0 Å². The van der Waals surface area contributed by atoms with Gasteiger partial charge in [0, 0.05) is 23.2 Å². The molecule has 0 fully saturated rings. The first-order valence-corrected chi connectivity index (χ1v) is 5.53. The molecule has 1 aromatic heterocycles. The zero-order chi connectivity index (χ0) is 10.4. The second kappa shape index (κ2) is 3.11. The molecule has 2 heterocycles. The molecular formula is C13H15NO. The van der Waals surface area contributed by atoms with Gasteiger partial charge in [0.15, 0.2) is 0 Å². The summed E-state index contributed by atoms with van der Waals surface area (Å²) >= 11 is 0. The number of aromatic nitrogens is 1. The zero-order valence-corrected chi connectivity index (χ0v) is 8.95. The van der Waals surface area contributed by atoms with Crippen LogP contribution in [0.4, 0.5) is 0 Å². The Labute approximate surface area is 89.1 Å². The number of nitrogens with zero attached hydrogens (tertiary/aromatic N) is 1. The largest absolute Gasteiger partial charge is 0.392 e. The molecule has 0 unspecified atom stereocenters. The third-order valence-corrected chi connectivity index (χ3v) is 3.54. The summed E-state index contributed by atoms with van der Waals surface area (Å²) < 4.78 is 2.36. The van der Waals surface area contributed by atoms with Crippen LogP contribution in [0.5, 0.6) is 0 Å². The molecule has 1 aromatic carbocycles. The Bertz CT molecular complexity index is 525. The second-order valence-corrected chi connectivity index (χ2v) is 4.29. The van der Waals surface area contributed by atoms with E-state index in [2.05, 4.69) is 29.7 Å². The van der Waals surface area contributed by atoms with Gasteiger partial charge in [0.25, 0.3) is 0 Å². The lowest BCUT2D eigenvalue weighted by Crippen LogP contribution is -2.08. The van der Waals surface area contributed by atoms with E-state index in [0.717, 1.165) is 12.1 Å². The third-order valence-electron chi connectivity index (χ3n) is 3.54. The summed E-state index contributed by atoms with van der Waals surface area (Å²) in [5.41, 5.74) is 5.13. The molecule has 0 aliphatic carbocycles. The van der Waals surface area contributed by atoms with Crippen molar-refractivity contribution in [3.05, 3.63) is 35.0 Å². The predicted octanol–water partition coefficient (Wildman–Crippen LogP) is 2.39. The molecule has 0 saturated carbocycles. The van der Waals surface area contributed by atoms with Crippen molar-refractivity contribution in [2.75, 3.05) is 0 Å². The Morgan fingerprint density at radius 3 is 3.07 bits per heavy atom. The summed E-state index contributed by atoms with van der Waals surface area (Å²) in [6.45, 7) is 3.36. The number of aliphatic hydroxyl groups is 1. The number of rotatable bonds is 1. The summed E-state index contributed by atoms with van der Waals surface area (Å²) in [4.78, 5) is 0. The van der Waals surface area contributed by atoms with E-state index >= 15 is 0 Å². The zero-order valence-electron chi connectivity index (χ0n) is 8.95. The summed E-state index contributed by atoms with van der Waals surface area (Å²) in [6, 6.07) is 6.43. The molecule has 0 atom stereocenters. The van der Waals surface area contributed by atoms with E-state index in [-0.39, 0.29) is 6.61 Å². The van der Waals surface area contributed by atoms with Gasteiger partial charge in [0.05, 0.1) is 12.1 Å². The molecule has 15 heavy (non-hydrogen) atoms. The van der Waals surface area contributed by atoms with Crippen LogP contribution in [0.2, 0.25) is 0 Å². The van der Waals surface area contributed by atoms with Crippen LogP contribution >= 0.6 is 0 Å². The highest BCUT2D eigenvalue weighted by molar-refractivity contribution is 5.88. The monoisotopic (exact) mass is 201 g/mol. The standard InChI is InChI=1S/C13H15NO/c1-9-12(8-15)11-6-2-4-10-5-3-7-14(9)13(10)11/h2,4,6,15H,3,5,7-8H2,1H3. The lowest BCUT2D eigenvalue weighted by Gasteiger charge is -2.16. The van der Waals surface area contributed by atoms with Gasteiger partial charge in [-0.2, -0.15) is 0 Å². The molecule has 2 heteroatoms. The molecule has 0 saturated heterocycles. The van der Waals surface area contributed by atoms with Gasteiger partial charge in [-0.1, -0.05) is 18.2 Å². The quantitative estimate of drug-likeness (QED) is 0.753. The normalized spacial score (nSPS) is 14.8. The van der Waals surface area contributed by atoms with Crippen molar-refractivity contribution >= 4 is 10.9 Å². The molecule has 1 aliphatic rings. The molecule has 78 valence electrons. The molecular weight excluding hydrogens is 186 g/mol. The topological polar surface area (TPSA) is 25.2 Å². The van der Waals surface area contributed by atoms with E-state index in [4.69, 9.17) is 0 Å². The van der Waals surface area contributed by atoms with Crippen molar-refractivity contribution in [1.29, 1.82) is 0 Å². The third kappa shape index (κ3) is 1.08. The first kappa shape index (κ1) is 8.98. The first-order valence-electron chi connectivity index (χ1n) is 5.53. The van der Waals surface area contributed by atoms with Gasteiger partial charge in [-0.3, -0.25) is 0 Å². The van der Waals surface area contributed by atoms with E-state index < -0.39 is 0 Å². The highest BCUT2D eigenvalue weighted by Gasteiger charge is 2.18. The maximum absolute atomic E-state index is 9.42. The Balaban J connectivity index is 2.48. The van der Waals surface area contributed by atoms with E-state index in [1.165, 1.54) is 35.0 Å². The van der Waals surface area contributed by atoms with Crippen LogP contribution < -0.4 is 0 Å². The van der Waals surface area contributed by atoms with Gasteiger partial charge < -0.3 is 9.67 Å². The van der Waals surface area contributed by atoms with Crippen LogP contribution in [0.1, 0.15) is 23.2 Å². The molecule has 3 rings (SSSR count). The van der Waals surface area contributed by atoms with E-state index in [1.807, 2.05) is 0 Å². The average Bonchev–Trinajstić information content (AvgIpc) is 2.55. The van der Waals surface area contributed by atoms with Crippen molar-refractivity contribution in [3.63, 3.8) is 0 Å². The molecule has 0 spiro atoms. The molecule has 1 aliphatic heterocycles. The van der Waals surface area contributed by atoms with Gasteiger partial charge in [0.1, 0.15) is 0 Å². The minimum atomic E-state index is 0.152. The predicted molar refractivity (Wildman–Crippen MR) is 60.9 cm³/mol. The van der Waals surface area contributed by atoms with Crippen LogP contribution in [-0.4, -0.2) is 9.67 Å². The molecule has 1 N–H and O–H groups in total. The van der Waals surface area contributed by atoms with Gasteiger partial charge >= 0.3 is 0 Å². The highest BCUT2D eigenvalue weighted by atomic mass is 16.3. The lowest BCUT2D eigenvalue weighted by atomic mass is 10.0. The minimum absolute atomic E-state index is 0.152. The lowest BCUT2D eigenvalue weighted by molar-refractivity contribution is 0.282. The van der Waals surface area contributed by atoms with Crippen molar-refractivity contribution in [3.8, 4) is 0 Å². The minimum Gasteiger partial charge on any atom is -0.392 e. The number of aliphatic hydroxyl groups excluding tert-OH is 1. The van der Waals surface area contributed by atoms with Crippen molar-refractivity contribution in [1.82, 2.24) is 4.57 Å². The molecule has 0 amide bonds. The van der Waals surface area contributed by atoms with E-state index in [0.29, 0.717) is 0 Å². The Morgan fingerprint density at radius 1 is 1.40 bits per heavy atom. The van der Waals surface area contributed by atoms with Crippen LogP contribution in [0, 0.1) is 6.92 Å². The number of para-hydroxylation sites is 1. The summed E-state index contributed by atoms with van der Waals surface area (Å²) in [5.74, 6) is 0. The maximum atomic E-state index is 9.42. The van der Waals surface area contributed by atoms with Crippen LogP contribution in [-0.2, 0) is 19.6 Å². The van der Waals surface area contributed by atoms with Crippen LogP contribution in [0.25, 0.3) is 10.9 Å². The molecule has 2 aromatic rings. The van der Waals surface area contributed by atoms with Gasteiger partial charge in [-0.05, 0) is 25.3 Å². The van der Waals surface area contributed by atoms with E-state index in [9.17, 15) is 5.11 Å². The summed E-state index contributed by atoms with van der Waals surface area (Å²) in [5, 5.41) is 10.7. The Kier molecular flexibility index (Phi) is 1.86. The van der Waals surface area contributed by atoms with Gasteiger partial charge in [0.2, 0.25) is 0 Å². The summed E-state index contributed by atoms with van der Waals surface area (Å²) in [7, 11) is 0. The smallest absolute Gasteiger partial charge is 0.0705 e. The maximum Gasteiger partial charge on any atom is 0.0705 e. The fourth-order valence-electron chi connectivity index (χ4n) is 2.79. The Hall–Kier alpha value is -1.28.